The second-order valence-corrected chi connectivity index (χ2v) is 8.65. The molecular weight excluding hydrogens is 462 g/mol. The zero-order valence-corrected chi connectivity index (χ0v) is 19.8. The molecule has 2 N–H and O–H groups in total. The molecule has 3 aromatic carbocycles. The van der Waals surface area contributed by atoms with E-state index in [2.05, 4.69) is 32.8 Å². The first-order valence-corrected chi connectivity index (χ1v) is 11.6. The largest absolute Gasteiger partial charge is 0.497 e. The summed E-state index contributed by atoms with van der Waals surface area (Å²) in [6.07, 6.45) is 3.96. The number of nitrogens with one attached hydrogen (secondary N) is 2. The van der Waals surface area contributed by atoms with Crippen molar-refractivity contribution in [1.29, 1.82) is 0 Å². The van der Waals surface area contributed by atoms with E-state index in [1.165, 1.54) is 6.08 Å². The minimum atomic E-state index is -0.311. The Balaban J connectivity index is 1.37. The number of ether oxygens (including phenoxy) is 1. The summed E-state index contributed by atoms with van der Waals surface area (Å²) in [6.45, 7) is 0. The van der Waals surface area contributed by atoms with Gasteiger partial charge in [-0.15, -0.1) is 5.10 Å². The van der Waals surface area contributed by atoms with Crippen molar-refractivity contribution in [1.82, 2.24) is 14.8 Å². The van der Waals surface area contributed by atoms with Crippen molar-refractivity contribution in [3.8, 4) is 5.75 Å². The SMILES string of the molecule is COc1ccc(/C=C/C(=O)Nc2nc3n(n2)[C@@H](c2ccccc2)C[C@H](c2ccc(Cl)cc2)N3)cc1. The molecule has 0 spiro atoms. The molecule has 0 saturated heterocycles. The zero-order chi connectivity index (χ0) is 24.2. The van der Waals surface area contributed by atoms with Crippen LogP contribution in [0, 0.1) is 0 Å². The van der Waals surface area contributed by atoms with E-state index in [1.807, 2.05) is 71.4 Å². The maximum absolute atomic E-state index is 12.5. The van der Waals surface area contributed by atoms with Gasteiger partial charge in [0, 0.05) is 11.1 Å². The van der Waals surface area contributed by atoms with Gasteiger partial charge in [0.2, 0.25) is 5.95 Å². The average molecular weight is 486 g/mol. The van der Waals surface area contributed by atoms with Gasteiger partial charge in [-0.25, -0.2) is 4.68 Å². The summed E-state index contributed by atoms with van der Waals surface area (Å²) in [4.78, 5) is 17.1. The van der Waals surface area contributed by atoms with Crippen LogP contribution in [0.15, 0.2) is 84.9 Å². The van der Waals surface area contributed by atoms with Crippen molar-refractivity contribution in [3.05, 3.63) is 107 Å². The van der Waals surface area contributed by atoms with Gasteiger partial charge < -0.3 is 10.1 Å². The normalized spacial score (nSPS) is 17.0. The van der Waals surface area contributed by atoms with Crippen molar-refractivity contribution in [2.75, 3.05) is 17.7 Å². The Bertz CT molecular complexity index is 1330. The van der Waals surface area contributed by atoms with E-state index in [0.717, 1.165) is 28.9 Å². The lowest BCUT2D eigenvalue weighted by molar-refractivity contribution is -0.111. The number of carbonyl (C=O) groups is 1. The third kappa shape index (κ3) is 5.20. The van der Waals surface area contributed by atoms with Crippen LogP contribution < -0.4 is 15.4 Å². The molecule has 0 radical (unpaired) electrons. The third-order valence-corrected chi connectivity index (χ3v) is 6.18. The minimum Gasteiger partial charge on any atom is -0.497 e. The summed E-state index contributed by atoms with van der Waals surface area (Å²) in [5.74, 6) is 1.29. The molecule has 4 aromatic rings. The first kappa shape index (κ1) is 22.7. The molecule has 0 bridgehead atoms. The van der Waals surface area contributed by atoms with Gasteiger partial charge in [-0.3, -0.25) is 10.1 Å². The smallest absolute Gasteiger partial charge is 0.250 e. The van der Waals surface area contributed by atoms with Crippen molar-refractivity contribution < 1.29 is 9.53 Å². The number of methoxy groups -OCH3 is 1. The predicted octanol–water partition coefficient (Wildman–Crippen LogP) is 5.74. The van der Waals surface area contributed by atoms with Gasteiger partial charge in [0.05, 0.1) is 19.2 Å². The molecule has 1 aromatic heterocycles. The highest BCUT2D eigenvalue weighted by Gasteiger charge is 2.31. The Morgan fingerprint density at radius 3 is 2.51 bits per heavy atom. The van der Waals surface area contributed by atoms with Gasteiger partial charge in [0.15, 0.2) is 0 Å². The maximum Gasteiger partial charge on any atom is 0.250 e. The lowest BCUT2D eigenvalue weighted by Crippen LogP contribution is -2.28. The number of aromatic nitrogens is 3. The number of halogens is 1. The van der Waals surface area contributed by atoms with Crippen LogP contribution in [0.4, 0.5) is 11.9 Å². The number of carbonyl (C=O) groups excluding carboxylic acids is 1. The van der Waals surface area contributed by atoms with Gasteiger partial charge in [-0.05, 0) is 53.5 Å². The molecule has 1 aliphatic rings. The zero-order valence-electron chi connectivity index (χ0n) is 19.1. The summed E-state index contributed by atoms with van der Waals surface area (Å²) >= 11 is 6.09. The maximum atomic E-state index is 12.5. The third-order valence-electron chi connectivity index (χ3n) is 5.92. The molecule has 1 amide bonds. The molecule has 7 nitrogen and oxygen atoms in total. The van der Waals surface area contributed by atoms with Crippen LogP contribution in [0.1, 0.15) is 35.2 Å². The van der Waals surface area contributed by atoms with E-state index in [-0.39, 0.29) is 23.9 Å². The van der Waals surface area contributed by atoms with Crippen LogP contribution in [0.3, 0.4) is 0 Å². The molecule has 0 aliphatic carbocycles. The molecule has 2 atom stereocenters. The molecule has 0 fully saturated rings. The molecular formula is C27H24ClN5O2. The van der Waals surface area contributed by atoms with Crippen molar-refractivity contribution in [2.45, 2.75) is 18.5 Å². The number of nitrogens with zero attached hydrogens (tertiary/aromatic N) is 3. The van der Waals surface area contributed by atoms with Crippen LogP contribution in [-0.2, 0) is 4.79 Å². The van der Waals surface area contributed by atoms with Gasteiger partial charge in [-0.1, -0.05) is 66.2 Å². The van der Waals surface area contributed by atoms with Crippen LogP contribution in [-0.4, -0.2) is 27.8 Å². The second-order valence-electron chi connectivity index (χ2n) is 8.21. The lowest BCUT2D eigenvalue weighted by atomic mass is 9.93. The van der Waals surface area contributed by atoms with Crippen molar-refractivity contribution in [2.24, 2.45) is 0 Å². The van der Waals surface area contributed by atoms with Crippen molar-refractivity contribution >= 4 is 35.5 Å². The first-order chi connectivity index (χ1) is 17.1. The van der Waals surface area contributed by atoms with Crippen LogP contribution in [0.5, 0.6) is 5.75 Å². The number of hydrogen-bond acceptors (Lipinski definition) is 5. The number of rotatable bonds is 6. The topological polar surface area (TPSA) is 81.1 Å². The van der Waals surface area contributed by atoms with Crippen molar-refractivity contribution in [3.63, 3.8) is 0 Å². The number of hydrogen-bond donors (Lipinski definition) is 2. The van der Waals surface area contributed by atoms with Gasteiger partial charge in [0.25, 0.3) is 11.9 Å². The van der Waals surface area contributed by atoms with Crippen LogP contribution in [0.2, 0.25) is 5.02 Å². The summed E-state index contributed by atoms with van der Waals surface area (Å²) in [6, 6.07) is 25.4. The molecule has 1 aliphatic heterocycles. The fourth-order valence-corrected chi connectivity index (χ4v) is 4.26. The molecule has 0 unspecified atom stereocenters. The summed E-state index contributed by atoms with van der Waals surface area (Å²) < 4.78 is 7.00. The van der Waals surface area contributed by atoms with E-state index >= 15 is 0 Å². The Hall–Kier alpha value is -4.10. The quantitative estimate of drug-likeness (QED) is 0.340. The Morgan fingerprint density at radius 1 is 1.06 bits per heavy atom. The highest BCUT2D eigenvalue weighted by atomic mass is 35.5. The molecule has 35 heavy (non-hydrogen) atoms. The van der Waals surface area contributed by atoms with E-state index < -0.39 is 0 Å². The Morgan fingerprint density at radius 2 is 1.80 bits per heavy atom. The Kier molecular flexibility index (Phi) is 6.50. The number of benzene rings is 3. The minimum absolute atomic E-state index is 0.0210. The highest BCUT2D eigenvalue weighted by Crippen LogP contribution is 2.38. The number of fused-ring (bicyclic) bond motifs is 1. The van der Waals surface area contributed by atoms with Gasteiger partial charge in [0.1, 0.15) is 5.75 Å². The second kappa shape index (κ2) is 10.0. The lowest BCUT2D eigenvalue weighted by Gasteiger charge is -2.31. The molecule has 0 saturated carbocycles. The van der Waals surface area contributed by atoms with Crippen LogP contribution in [0.25, 0.3) is 6.08 Å². The van der Waals surface area contributed by atoms with E-state index in [1.54, 1.807) is 13.2 Å². The first-order valence-electron chi connectivity index (χ1n) is 11.3. The highest BCUT2D eigenvalue weighted by molar-refractivity contribution is 6.30. The fraction of sp³-hybridized carbons (Fsp3) is 0.148. The molecule has 5 rings (SSSR count). The monoisotopic (exact) mass is 485 g/mol. The fourth-order valence-electron chi connectivity index (χ4n) is 4.14. The van der Waals surface area contributed by atoms with Crippen LogP contribution >= 0.6 is 11.6 Å². The predicted molar refractivity (Wildman–Crippen MR) is 138 cm³/mol. The summed E-state index contributed by atoms with van der Waals surface area (Å²) in [5, 5.41) is 11.5. The molecule has 2 heterocycles. The number of anilines is 2. The summed E-state index contributed by atoms with van der Waals surface area (Å²) in [7, 11) is 1.62. The molecule has 176 valence electrons. The molecule has 8 heteroatoms. The van der Waals surface area contributed by atoms with Gasteiger partial charge >= 0.3 is 0 Å². The number of amides is 1. The van der Waals surface area contributed by atoms with E-state index in [0.29, 0.717) is 11.0 Å². The average Bonchev–Trinajstić information content (AvgIpc) is 3.30. The van der Waals surface area contributed by atoms with E-state index in [9.17, 15) is 4.79 Å². The van der Waals surface area contributed by atoms with Gasteiger partial charge in [-0.2, -0.15) is 4.98 Å². The van der Waals surface area contributed by atoms with E-state index in [4.69, 9.17) is 16.3 Å². The standard InChI is InChI=1S/C27H24ClN5O2/c1-35-22-14-7-18(8-15-22)9-16-25(34)30-26-31-27-29-23(19-10-12-21(28)13-11-19)17-24(33(27)32-26)20-5-3-2-4-6-20/h2-16,23-24H,17H2,1H3,(H2,29,30,31,32,34)/b16-9+/t23-,24-/m1/s1. The Labute approximate surface area is 208 Å². The summed E-state index contributed by atoms with van der Waals surface area (Å²) in [5.41, 5.74) is 3.11.